The van der Waals surface area contributed by atoms with E-state index in [0.29, 0.717) is 16.7 Å². The molecule has 2 rings (SSSR count). The Morgan fingerprint density at radius 1 is 1.29 bits per heavy atom. The number of hydrogen-bond donors (Lipinski definition) is 0. The molecule has 0 aliphatic rings. The van der Waals surface area contributed by atoms with Gasteiger partial charge in [-0.2, -0.15) is 5.26 Å². The minimum Gasteiger partial charge on any atom is -0.258 e. The van der Waals surface area contributed by atoms with Crippen LogP contribution in [0.1, 0.15) is 16.7 Å². The van der Waals surface area contributed by atoms with Gasteiger partial charge >= 0.3 is 0 Å². The minimum absolute atomic E-state index is 0.0589. The van der Waals surface area contributed by atoms with Crippen molar-refractivity contribution in [3.05, 3.63) is 72.8 Å². The SMILES string of the molecule is Cc1ccc(/C=C(/C#N)c2ccc(I)cc2)cc1[N+](=O)[O-]. The van der Waals surface area contributed by atoms with Gasteiger partial charge in [-0.25, -0.2) is 0 Å². The van der Waals surface area contributed by atoms with E-state index in [9.17, 15) is 15.4 Å². The van der Waals surface area contributed by atoms with Gasteiger partial charge in [-0.15, -0.1) is 0 Å². The molecule has 0 aliphatic heterocycles. The van der Waals surface area contributed by atoms with Crippen LogP contribution in [0.3, 0.4) is 0 Å². The predicted octanol–water partition coefficient (Wildman–Crippen LogP) is 4.57. The highest BCUT2D eigenvalue weighted by Crippen LogP contribution is 2.23. The zero-order chi connectivity index (χ0) is 15.4. The highest BCUT2D eigenvalue weighted by molar-refractivity contribution is 14.1. The summed E-state index contributed by atoms with van der Waals surface area (Å²) in [4.78, 5) is 10.5. The van der Waals surface area contributed by atoms with Crippen molar-refractivity contribution in [1.82, 2.24) is 0 Å². The zero-order valence-corrected chi connectivity index (χ0v) is 13.4. The summed E-state index contributed by atoms with van der Waals surface area (Å²) in [5.41, 5.74) is 2.57. The van der Waals surface area contributed by atoms with Crippen molar-refractivity contribution in [2.75, 3.05) is 0 Å². The Hall–Kier alpha value is -2.20. The fourth-order valence-corrected chi connectivity index (χ4v) is 2.25. The molecule has 0 aromatic heterocycles. The second-order valence-corrected chi connectivity index (χ2v) is 5.73. The standard InChI is InChI=1S/C16H11IN2O2/c1-11-2-3-12(9-16(11)19(20)21)8-14(10-18)13-4-6-15(17)7-5-13/h2-9H,1H3/b14-8-. The first-order valence-corrected chi connectivity index (χ1v) is 7.22. The van der Waals surface area contributed by atoms with Crippen molar-refractivity contribution in [2.24, 2.45) is 0 Å². The molecule has 0 aliphatic carbocycles. The first kappa shape index (κ1) is 15.2. The molecule has 0 radical (unpaired) electrons. The summed E-state index contributed by atoms with van der Waals surface area (Å²) in [5.74, 6) is 0. The van der Waals surface area contributed by atoms with Crippen LogP contribution in [0.4, 0.5) is 5.69 Å². The van der Waals surface area contributed by atoms with Gasteiger partial charge in [0.1, 0.15) is 0 Å². The summed E-state index contributed by atoms with van der Waals surface area (Å²) in [5, 5.41) is 20.2. The fourth-order valence-electron chi connectivity index (χ4n) is 1.89. The monoisotopic (exact) mass is 390 g/mol. The highest BCUT2D eigenvalue weighted by Gasteiger charge is 2.10. The number of aryl methyl sites for hydroxylation is 1. The van der Waals surface area contributed by atoms with E-state index >= 15 is 0 Å². The van der Waals surface area contributed by atoms with Crippen molar-refractivity contribution in [1.29, 1.82) is 5.26 Å². The minimum atomic E-state index is -0.413. The van der Waals surface area contributed by atoms with Crippen LogP contribution in [0.2, 0.25) is 0 Å². The molecule has 0 saturated heterocycles. The Labute approximate surface area is 136 Å². The summed E-state index contributed by atoms with van der Waals surface area (Å²) in [7, 11) is 0. The van der Waals surface area contributed by atoms with E-state index < -0.39 is 4.92 Å². The predicted molar refractivity (Wildman–Crippen MR) is 90.5 cm³/mol. The first-order chi connectivity index (χ1) is 10.0. The van der Waals surface area contributed by atoms with Crippen molar-refractivity contribution in [2.45, 2.75) is 6.92 Å². The summed E-state index contributed by atoms with van der Waals surface area (Å²) in [6.07, 6.45) is 1.66. The van der Waals surface area contributed by atoms with E-state index in [2.05, 4.69) is 28.7 Å². The second-order valence-electron chi connectivity index (χ2n) is 4.48. The van der Waals surface area contributed by atoms with Gasteiger partial charge in [0.15, 0.2) is 0 Å². The van der Waals surface area contributed by atoms with Gasteiger partial charge in [0, 0.05) is 15.2 Å². The molecule has 2 aromatic rings. The molecule has 2 aromatic carbocycles. The molecule has 0 atom stereocenters. The molecule has 0 fully saturated rings. The number of rotatable bonds is 3. The molecule has 0 heterocycles. The highest BCUT2D eigenvalue weighted by atomic mass is 127. The van der Waals surface area contributed by atoms with Crippen molar-refractivity contribution >= 4 is 39.9 Å². The summed E-state index contributed by atoms with van der Waals surface area (Å²) in [6, 6.07) is 14.6. The van der Waals surface area contributed by atoms with E-state index in [0.717, 1.165) is 9.13 Å². The number of nitro benzene ring substituents is 1. The van der Waals surface area contributed by atoms with Crippen LogP contribution in [-0.2, 0) is 0 Å². The summed E-state index contributed by atoms with van der Waals surface area (Å²) in [6.45, 7) is 1.69. The smallest absolute Gasteiger partial charge is 0.258 e. The number of halogens is 1. The fraction of sp³-hybridized carbons (Fsp3) is 0.0625. The van der Waals surface area contributed by atoms with Gasteiger partial charge < -0.3 is 0 Å². The normalized spacial score (nSPS) is 11.0. The van der Waals surface area contributed by atoms with Crippen LogP contribution in [0.25, 0.3) is 11.6 Å². The Morgan fingerprint density at radius 2 is 1.95 bits per heavy atom. The average Bonchev–Trinajstić information content (AvgIpc) is 2.47. The molecule has 104 valence electrons. The van der Waals surface area contributed by atoms with Crippen LogP contribution in [-0.4, -0.2) is 4.92 Å². The van der Waals surface area contributed by atoms with Crippen LogP contribution < -0.4 is 0 Å². The maximum atomic E-state index is 11.0. The molecule has 0 saturated carbocycles. The summed E-state index contributed by atoms with van der Waals surface area (Å²) < 4.78 is 1.08. The molecule has 0 amide bonds. The molecule has 0 bridgehead atoms. The third-order valence-corrected chi connectivity index (χ3v) is 3.74. The number of nitro groups is 1. The van der Waals surface area contributed by atoms with Gasteiger partial charge in [0.25, 0.3) is 5.69 Å². The largest absolute Gasteiger partial charge is 0.272 e. The number of benzene rings is 2. The number of nitriles is 1. The Bertz CT molecular complexity index is 759. The van der Waals surface area contributed by atoms with Crippen molar-refractivity contribution < 1.29 is 4.92 Å². The lowest BCUT2D eigenvalue weighted by Gasteiger charge is -2.02. The molecular formula is C16H11IN2O2. The van der Waals surface area contributed by atoms with Gasteiger partial charge in [-0.05, 0) is 58.9 Å². The van der Waals surface area contributed by atoms with E-state index in [1.54, 1.807) is 25.1 Å². The van der Waals surface area contributed by atoms with E-state index in [1.165, 1.54) is 6.07 Å². The van der Waals surface area contributed by atoms with Gasteiger partial charge in [0.05, 0.1) is 16.6 Å². The van der Waals surface area contributed by atoms with Crippen LogP contribution in [0.15, 0.2) is 42.5 Å². The lowest BCUT2D eigenvalue weighted by atomic mass is 10.0. The first-order valence-electron chi connectivity index (χ1n) is 6.14. The molecule has 5 heteroatoms. The molecule has 4 nitrogen and oxygen atoms in total. The van der Waals surface area contributed by atoms with Gasteiger partial charge in [-0.3, -0.25) is 10.1 Å². The Morgan fingerprint density at radius 3 is 2.52 bits per heavy atom. The van der Waals surface area contributed by atoms with E-state index in [4.69, 9.17) is 0 Å². The molecule has 0 unspecified atom stereocenters. The van der Waals surface area contributed by atoms with Gasteiger partial charge in [0.2, 0.25) is 0 Å². The number of nitrogens with zero attached hydrogens (tertiary/aromatic N) is 2. The van der Waals surface area contributed by atoms with Crippen molar-refractivity contribution in [3.8, 4) is 6.07 Å². The number of allylic oxidation sites excluding steroid dienone is 1. The van der Waals surface area contributed by atoms with Gasteiger partial charge in [-0.1, -0.05) is 24.3 Å². The summed E-state index contributed by atoms with van der Waals surface area (Å²) >= 11 is 2.19. The lowest BCUT2D eigenvalue weighted by molar-refractivity contribution is -0.385. The third kappa shape index (κ3) is 3.67. The molecule has 21 heavy (non-hydrogen) atoms. The van der Waals surface area contributed by atoms with Crippen LogP contribution in [0, 0.1) is 31.9 Å². The third-order valence-electron chi connectivity index (χ3n) is 3.02. The van der Waals surface area contributed by atoms with Crippen LogP contribution >= 0.6 is 22.6 Å². The zero-order valence-electron chi connectivity index (χ0n) is 11.2. The maximum absolute atomic E-state index is 11.0. The van der Waals surface area contributed by atoms with Crippen molar-refractivity contribution in [3.63, 3.8) is 0 Å². The Kier molecular flexibility index (Phi) is 4.70. The maximum Gasteiger partial charge on any atom is 0.272 e. The topological polar surface area (TPSA) is 66.9 Å². The lowest BCUT2D eigenvalue weighted by Crippen LogP contribution is -1.92. The quantitative estimate of drug-likeness (QED) is 0.254. The Balaban J connectivity index is 2.46. The molecular weight excluding hydrogens is 379 g/mol. The second kappa shape index (κ2) is 6.50. The number of hydrogen-bond acceptors (Lipinski definition) is 3. The van der Waals surface area contributed by atoms with E-state index in [1.807, 2.05) is 24.3 Å². The van der Waals surface area contributed by atoms with E-state index in [-0.39, 0.29) is 5.69 Å². The molecule has 0 N–H and O–H groups in total. The average molecular weight is 390 g/mol. The molecule has 0 spiro atoms. The van der Waals surface area contributed by atoms with Crippen LogP contribution in [0.5, 0.6) is 0 Å².